The summed E-state index contributed by atoms with van der Waals surface area (Å²) in [6.45, 7) is 4.78. The number of likely N-dealkylation sites (N-methyl/N-ethyl adjacent to an activating group) is 1. The van der Waals surface area contributed by atoms with Gasteiger partial charge in [-0.05, 0) is 31.5 Å². The number of halogens is 2. The third kappa shape index (κ3) is 4.55. The van der Waals surface area contributed by atoms with Gasteiger partial charge in [0.1, 0.15) is 23.7 Å². The quantitative estimate of drug-likeness (QED) is 0.521. The number of aromatic amines is 1. The van der Waals surface area contributed by atoms with Crippen molar-refractivity contribution in [3.63, 3.8) is 0 Å². The van der Waals surface area contributed by atoms with E-state index in [0.29, 0.717) is 41.3 Å². The average Bonchev–Trinajstić information content (AvgIpc) is 3.41. The lowest BCUT2D eigenvalue weighted by molar-refractivity contribution is -0.129. The smallest absolute Gasteiger partial charge is 0.219 e. The number of carbonyl (C=O) groups is 1. The first-order valence-corrected chi connectivity index (χ1v) is 10.8. The van der Waals surface area contributed by atoms with Crippen LogP contribution in [0.1, 0.15) is 43.9 Å². The number of H-pyrrole nitrogens is 1. The van der Waals surface area contributed by atoms with Crippen molar-refractivity contribution in [2.45, 2.75) is 38.6 Å². The van der Waals surface area contributed by atoms with E-state index >= 15 is 0 Å². The summed E-state index contributed by atoms with van der Waals surface area (Å²) < 4.78 is 13.7. The van der Waals surface area contributed by atoms with Crippen molar-refractivity contribution in [2.24, 2.45) is 0 Å². The van der Waals surface area contributed by atoms with Gasteiger partial charge in [-0.15, -0.1) is 0 Å². The van der Waals surface area contributed by atoms with Crippen LogP contribution in [-0.4, -0.2) is 61.9 Å². The first kappa shape index (κ1) is 22.4. The molecule has 0 aliphatic carbocycles. The van der Waals surface area contributed by atoms with E-state index in [1.54, 1.807) is 31.1 Å². The largest absolute Gasteiger partial charge is 0.374 e. The monoisotopic (exact) mass is 460 g/mol. The minimum atomic E-state index is -0.783. The molecule has 1 unspecified atom stereocenters. The number of aromatic nitrogens is 3. The lowest BCUT2D eigenvalue weighted by Gasteiger charge is -2.26. The van der Waals surface area contributed by atoms with E-state index in [-0.39, 0.29) is 23.0 Å². The summed E-state index contributed by atoms with van der Waals surface area (Å²) in [7, 11) is 1.79. The van der Waals surface area contributed by atoms with Gasteiger partial charge in [0.25, 0.3) is 0 Å². The van der Waals surface area contributed by atoms with Crippen LogP contribution in [0.5, 0.6) is 0 Å². The van der Waals surface area contributed by atoms with Crippen LogP contribution in [0.15, 0.2) is 30.5 Å². The molecule has 1 amide bonds. The first-order valence-electron chi connectivity index (χ1n) is 10.5. The molecule has 170 valence electrons. The number of aliphatic hydroxyl groups excluding tert-OH is 1. The SMILES string of the molecule is CC(=O)N(C)[C@H]1CCN(C(O)c2ccc(N[C@@H](C)c3nc4cc(Cl)c(F)cc4[nH]3)nc2)C1. The Morgan fingerprint density at radius 2 is 2.22 bits per heavy atom. The summed E-state index contributed by atoms with van der Waals surface area (Å²) in [6, 6.07) is 6.32. The molecule has 32 heavy (non-hydrogen) atoms. The fourth-order valence-corrected chi connectivity index (χ4v) is 4.10. The molecule has 3 N–H and O–H groups in total. The number of rotatable bonds is 6. The summed E-state index contributed by atoms with van der Waals surface area (Å²) in [6.07, 6.45) is 1.68. The molecular weight excluding hydrogens is 435 g/mol. The van der Waals surface area contributed by atoms with Crippen LogP contribution < -0.4 is 5.32 Å². The number of amides is 1. The topological polar surface area (TPSA) is 97.4 Å². The van der Waals surface area contributed by atoms with E-state index < -0.39 is 12.0 Å². The molecule has 1 fully saturated rings. The van der Waals surface area contributed by atoms with Crippen LogP contribution >= 0.6 is 11.6 Å². The third-order valence-corrected chi connectivity index (χ3v) is 6.28. The van der Waals surface area contributed by atoms with E-state index in [1.165, 1.54) is 12.1 Å². The van der Waals surface area contributed by atoms with Gasteiger partial charge in [0.2, 0.25) is 5.91 Å². The van der Waals surface area contributed by atoms with Crippen molar-refractivity contribution in [1.82, 2.24) is 24.8 Å². The number of imidazole rings is 1. The number of likely N-dealkylation sites (tertiary alicyclic amines) is 1. The number of anilines is 1. The van der Waals surface area contributed by atoms with E-state index in [4.69, 9.17) is 11.6 Å². The number of nitrogens with one attached hydrogen (secondary N) is 2. The number of benzene rings is 1. The molecule has 3 atom stereocenters. The average molecular weight is 461 g/mol. The zero-order chi connectivity index (χ0) is 23.0. The van der Waals surface area contributed by atoms with Crippen molar-refractivity contribution >= 4 is 34.4 Å². The molecule has 3 aromatic rings. The number of pyridine rings is 1. The van der Waals surface area contributed by atoms with Crippen LogP contribution in [0.2, 0.25) is 5.02 Å². The molecular formula is C22H26ClFN6O2. The van der Waals surface area contributed by atoms with E-state index in [0.717, 1.165) is 6.42 Å². The molecule has 8 nitrogen and oxygen atoms in total. The number of nitrogens with zero attached hydrogens (tertiary/aromatic N) is 4. The molecule has 4 rings (SSSR count). The zero-order valence-corrected chi connectivity index (χ0v) is 18.9. The van der Waals surface area contributed by atoms with E-state index in [9.17, 15) is 14.3 Å². The molecule has 3 heterocycles. The number of hydrogen-bond donors (Lipinski definition) is 3. The molecule has 1 aliphatic heterocycles. The Bertz CT molecular complexity index is 1080. The minimum absolute atomic E-state index is 0.0234. The van der Waals surface area contributed by atoms with Crippen molar-refractivity contribution < 1.29 is 14.3 Å². The molecule has 0 spiro atoms. The lowest BCUT2D eigenvalue weighted by atomic mass is 10.2. The number of aliphatic hydroxyl groups is 1. The van der Waals surface area contributed by atoms with Crippen LogP contribution in [0.3, 0.4) is 0 Å². The van der Waals surface area contributed by atoms with Gasteiger partial charge in [-0.25, -0.2) is 14.4 Å². The zero-order valence-electron chi connectivity index (χ0n) is 18.1. The van der Waals surface area contributed by atoms with E-state index in [1.807, 2.05) is 17.9 Å². The van der Waals surface area contributed by atoms with Crippen LogP contribution in [-0.2, 0) is 4.79 Å². The second kappa shape index (κ2) is 9.01. The highest BCUT2D eigenvalue weighted by molar-refractivity contribution is 6.31. The summed E-state index contributed by atoms with van der Waals surface area (Å²) in [4.78, 5) is 27.2. The van der Waals surface area contributed by atoms with Gasteiger partial charge < -0.3 is 20.3 Å². The number of hydrogen-bond acceptors (Lipinski definition) is 6. The maximum absolute atomic E-state index is 13.7. The van der Waals surface area contributed by atoms with Crippen molar-refractivity contribution in [1.29, 1.82) is 0 Å². The van der Waals surface area contributed by atoms with Gasteiger partial charge in [-0.2, -0.15) is 0 Å². The van der Waals surface area contributed by atoms with Gasteiger partial charge in [-0.3, -0.25) is 9.69 Å². The predicted molar refractivity (Wildman–Crippen MR) is 121 cm³/mol. The molecule has 1 aromatic carbocycles. The fraction of sp³-hybridized carbons (Fsp3) is 0.409. The Morgan fingerprint density at radius 1 is 1.44 bits per heavy atom. The van der Waals surface area contributed by atoms with Crippen molar-refractivity contribution in [3.05, 3.63) is 52.7 Å². The summed E-state index contributed by atoms with van der Waals surface area (Å²) in [5.74, 6) is 0.775. The van der Waals surface area contributed by atoms with Gasteiger partial charge in [0.15, 0.2) is 0 Å². The Labute approximate surface area is 190 Å². The maximum atomic E-state index is 13.7. The highest BCUT2D eigenvalue weighted by Crippen LogP contribution is 2.27. The molecule has 0 saturated carbocycles. The summed E-state index contributed by atoms with van der Waals surface area (Å²) >= 11 is 5.84. The third-order valence-electron chi connectivity index (χ3n) is 5.99. The Kier molecular flexibility index (Phi) is 6.32. The van der Waals surface area contributed by atoms with Gasteiger partial charge in [0, 0.05) is 50.9 Å². The molecule has 1 saturated heterocycles. The summed E-state index contributed by atoms with van der Waals surface area (Å²) in [5, 5.41) is 14.0. The number of fused-ring (bicyclic) bond motifs is 1. The lowest BCUT2D eigenvalue weighted by Crippen LogP contribution is -2.38. The van der Waals surface area contributed by atoms with Crippen LogP contribution in [0.4, 0.5) is 10.2 Å². The highest BCUT2D eigenvalue weighted by atomic mass is 35.5. The highest BCUT2D eigenvalue weighted by Gasteiger charge is 2.31. The number of carbonyl (C=O) groups excluding carboxylic acids is 1. The normalized spacial score (nSPS) is 18.6. The van der Waals surface area contributed by atoms with Gasteiger partial charge >= 0.3 is 0 Å². The molecule has 2 aromatic heterocycles. The second-order valence-corrected chi connectivity index (χ2v) is 8.60. The van der Waals surface area contributed by atoms with Gasteiger partial charge in [-0.1, -0.05) is 11.6 Å². The maximum Gasteiger partial charge on any atom is 0.219 e. The molecule has 1 aliphatic rings. The fourth-order valence-electron chi connectivity index (χ4n) is 3.94. The standard InChI is InChI=1S/C22H26ClFN6O2/c1-12(21-27-18-8-16(23)17(24)9-19(18)28-21)26-20-5-4-14(10-25-20)22(32)30-7-6-15(11-30)29(3)13(2)31/h4-5,8-10,12,15,22,32H,6-7,11H2,1-3H3,(H,25,26)(H,27,28)/t12-,15-,22?/m0/s1. The first-order chi connectivity index (χ1) is 15.2. The minimum Gasteiger partial charge on any atom is -0.374 e. The van der Waals surface area contributed by atoms with Crippen LogP contribution in [0, 0.1) is 5.82 Å². The Balaban J connectivity index is 1.40. The summed E-state index contributed by atoms with van der Waals surface area (Å²) in [5.41, 5.74) is 1.84. The van der Waals surface area contributed by atoms with Crippen molar-refractivity contribution in [2.75, 3.05) is 25.5 Å². The van der Waals surface area contributed by atoms with Crippen LogP contribution in [0.25, 0.3) is 11.0 Å². The van der Waals surface area contributed by atoms with E-state index in [2.05, 4.69) is 20.3 Å². The second-order valence-electron chi connectivity index (χ2n) is 8.19. The molecule has 10 heteroatoms. The predicted octanol–water partition coefficient (Wildman–Crippen LogP) is 3.47. The molecule has 0 radical (unpaired) electrons. The Hall–Kier alpha value is -2.75. The van der Waals surface area contributed by atoms with Gasteiger partial charge in [0.05, 0.1) is 22.1 Å². The van der Waals surface area contributed by atoms with Crippen molar-refractivity contribution in [3.8, 4) is 0 Å². The molecule has 0 bridgehead atoms. The Morgan fingerprint density at radius 3 is 2.91 bits per heavy atom.